The normalized spacial score (nSPS) is 13.9. The van der Waals surface area contributed by atoms with Crippen molar-refractivity contribution in [1.29, 1.82) is 0 Å². The first-order valence-corrected chi connectivity index (χ1v) is 9.73. The highest BCUT2D eigenvalue weighted by Crippen LogP contribution is 2.31. The van der Waals surface area contributed by atoms with Gasteiger partial charge in [0.15, 0.2) is 0 Å². The summed E-state index contributed by atoms with van der Waals surface area (Å²) < 4.78 is 2.22. The Bertz CT molecular complexity index is 1050. The lowest BCUT2D eigenvalue weighted by molar-refractivity contribution is 0.0952. The number of benzene rings is 1. The molecule has 1 amide bonds. The molecule has 1 aromatic carbocycles. The molecule has 0 saturated heterocycles. The summed E-state index contributed by atoms with van der Waals surface area (Å²) in [6, 6.07) is 7.35. The molecule has 0 bridgehead atoms. The van der Waals surface area contributed by atoms with E-state index in [-0.39, 0.29) is 11.5 Å². The number of aryl methyl sites for hydroxylation is 1. The molecule has 0 unspecified atom stereocenters. The van der Waals surface area contributed by atoms with Gasteiger partial charge in [-0.3, -0.25) is 14.2 Å². The molecule has 4 rings (SSSR count). The molecular weight excluding hydrogens is 370 g/mol. The summed E-state index contributed by atoms with van der Waals surface area (Å²) in [6.45, 7) is 2.94. The molecule has 26 heavy (non-hydrogen) atoms. The van der Waals surface area contributed by atoms with E-state index >= 15 is 0 Å². The molecular formula is C19H18ClN3O2S. The first kappa shape index (κ1) is 17.2. The van der Waals surface area contributed by atoms with Crippen molar-refractivity contribution in [3.05, 3.63) is 62.0 Å². The fraction of sp³-hybridized carbons (Fsp3) is 0.316. The van der Waals surface area contributed by atoms with Crippen LogP contribution in [0.3, 0.4) is 0 Å². The predicted octanol–water partition coefficient (Wildman–Crippen LogP) is 3.76. The number of halogens is 1. The van der Waals surface area contributed by atoms with E-state index < -0.39 is 0 Å². The summed E-state index contributed by atoms with van der Waals surface area (Å²) in [7, 11) is 0. The highest BCUT2D eigenvalue weighted by Gasteiger charge is 2.24. The van der Waals surface area contributed by atoms with E-state index in [1.54, 1.807) is 17.0 Å². The minimum atomic E-state index is -0.222. The minimum Gasteiger partial charge on any atom is -0.348 e. The molecule has 0 radical (unpaired) electrons. The number of rotatable bonds is 5. The molecule has 5 nitrogen and oxygen atoms in total. The minimum absolute atomic E-state index is 0.0520. The summed E-state index contributed by atoms with van der Waals surface area (Å²) >= 11 is 7.32. The Balaban J connectivity index is 1.61. The van der Waals surface area contributed by atoms with Gasteiger partial charge in [-0.2, -0.15) is 0 Å². The van der Waals surface area contributed by atoms with Crippen LogP contribution in [0.15, 0.2) is 35.4 Å². The Kier molecular flexibility index (Phi) is 4.54. The number of carbonyl (C=O) groups excluding carboxylic acids is 1. The van der Waals surface area contributed by atoms with Crippen molar-refractivity contribution in [3.8, 4) is 0 Å². The van der Waals surface area contributed by atoms with Crippen LogP contribution in [-0.2, 0) is 13.1 Å². The van der Waals surface area contributed by atoms with Crippen LogP contribution in [0, 0.1) is 12.8 Å². The first-order valence-electron chi connectivity index (χ1n) is 8.54. The second-order valence-electron chi connectivity index (χ2n) is 6.67. The fourth-order valence-electron chi connectivity index (χ4n) is 3.00. The summed E-state index contributed by atoms with van der Waals surface area (Å²) in [6.07, 6.45) is 3.92. The maximum atomic E-state index is 12.7. The van der Waals surface area contributed by atoms with E-state index in [9.17, 15) is 9.59 Å². The van der Waals surface area contributed by atoms with Crippen molar-refractivity contribution >= 4 is 39.1 Å². The maximum Gasteiger partial charge on any atom is 0.271 e. The summed E-state index contributed by atoms with van der Waals surface area (Å²) in [5.41, 5.74) is 1.85. The fourth-order valence-corrected chi connectivity index (χ4v) is 4.27. The Morgan fingerprint density at radius 2 is 2.23 bits per heavy atom. The zero-order valence-corrected chi connectivity index (χ0v) is 15.9. The van der Waals surface area contributed by atoms with Crippen LogP contribution in [0.5, 0.6) is 0 Å². The van der Waals surface area contributed by atoms with Gasteiger partial charge < -0.3 is 5.32 Å². The third kappa shape index (κ3) is 3.39. The number of nitrogens with one attached hydrogen (secondary N) is 1. The molecule has 2 heterocycles. The molecule has 1 N–H and O–H groups in total. The summed E-state index contributed by atoms with van der Waals surface area (Å²) in [4.78, 5) is 30.6. The number of nitrogens with zero attached hydrogens (tertiary/aromatic N) is 2. The molecule has 1 aliphatic rings. The molecule has 134 valence electrons. The molecule has 0 aliphatic heterocycles. The number of fused-ring (bicyclic) bond motifs is 1. The summed E-state index contributed by atoms with van der Waals surface area (Å²) in [5.74, 6) is 0.369. The third-order valence-electron chi connectivity index (χ3n) is 4.56. The van der Waals surface area contributed by atoms with E-state index in [2.05, 4.69) is 10.3 Å². The van der Waals surface area contributed by atoms with Gasteiger partial charge in [-0.05, 0) is 43.4 Å². The van der Waals surface area contributed by atoms with Gasteiger partial charge in [0.1, 0.15) is 10.2 Å². The quantitative estimate of drug-likeness (QED) is 0.725. The van der Waals surface area contributed by atoms with E-state index in [4.69, 9.17) is 11.6 Å². The number of hydrogen-bond donors (Lipinski definition) is 1. The zero-order chi connectivity index (χ0) is 18.3. The molecule has 0 spiro atoms. The topological polar surface area (TPSA) is 64.0 Å². The Hall–Kier alpha value is -2.18. The molecule has 1 fully saturated rings. The average molecular weight is 388 g/mol. The smallest absolute Gasteiger partial charge is 0.271 e. The predicted molar refractivity (Wildman–Crippen MR) is 104 cm³/mol. The van der Waals surface area contributed by atoms with E-state index in [0.717, 1.165) is 17.0 Å². The highest BCUT2D eigenvalue weighted by molar-refractivity contribution is 7.19. The van der Waals surface area contributed by atoms with Crippen LogP contribution in [0.1, 0.15) is 33.6 Å². The molecule has 1 saturated carbocycles. The van der Waals surface area contributed by atoms with Gasteiger partial charge in [-0.1, -0.05) is 23.7 Å². The number of thiophene rings is 1. The van der Waals surface area contributed by atoms with Crippen molar-refractivity contribution in [1.82, 2.24) is 14.9 Å². The number of carbonyl (C=O) groups is 1. The standard InChI is InChI=1S/C19H18ClN3O2S/c1-11-15(18(24)21-8-13-3-2-4-14(20)7-13)16-17(26-11)19(25)23(10-22-16)9-12-5-6-12/h2-4,7,10,12H,5-6,8-9H2,1H3,(H,21,24). The van der Waals surface area contributed by atoms with Gasteiger partial charge in [0.25, 0.3) is 11.5 Å². The highest BCUT2D eigenvalue weighted by atomic mass is 35.5. The van der Waals surface area contributed by atoms with Crippen LogP contribution >= 0.6 is 22.9 Å². The number of aromatic nitrogens is 2. The lowest BCUT2D eigenvalue weighted by Gasteiger charge is -2.07. The van der Waals surface area contributed by atoms with Gasteiger partial charge in [0, 0.05) is 23.0 Å². The monoisotopic (exact) mass is 387 g/mol. The van der Waals surface area contributed by atoms with Crippen LogP contribution in [0.25, 0.3) is 10.2 Å². The maximum absolute atomic E-state index is 12.7. The van der Waals surface area contributed by atoms with Crippen molar-refractivity contribution in [3.63, 3.8) is 0 Å². The van der Waals surface area contributed by atoms with E-state index in [0.29, 0.717) is 33.3 Å². The van der Waals surface area contributed by atoms with E-state index in [1.165, 1.54) is 24.2 Å². The largest absolute Gasteiger partial charge is 0.348 e. The molecule has 1 aliphatic carbocycles. The molecule has 3 aromatic rings. The Morgan fingerprint density at radius 1 is 1.42 bits per heavy atom. The Morgan fingerprint density at radius 3 is 2.96 bits per heavy atom. The van der Waals surface area contributed by atoms with Gasteiger partial charge in [-0.15, -0.1) is 11.3 Å². The second kappa shape index (κ2) is 6.85. The van der Waals surface area contributed by atoms with Gasteiger partial charge in [0.2, 0.25) is 0 Å². The van der Waals surface area contributed by atoms with Gasteiger partial charge in [-0.25, -0.2) is 4.98 Å². The lowest BCUT2D eigenvalue weighted by Crippen LogP contribution is -2.24. The lowest BCUT2D eigenvalue weighted by atomic mass is 10.2. The van der Waals surface area contributed by atoms with Crippen molar-refractivity contribution < 1.29 is 4.79 Å². The molecule has 2 aromatic heterocycles. The number of hydrogen-bond acceptors (Lipinski definition) is 4. The van der Waals surface area contributed by atoms with Gasteiger partial charge in [0.05, 0.1) is 11.9 Å². The zero-order valence-electron chi connectivity index (χ0n) is 14.3. The first-order chi connectivity index (χ1) is 12.5. The van der Waals surface area contributed by atoms with Crippen molar-refractivity contribution in [2.75, 3.05) is 0 Å². The van der Waals surface area contributed by atoms with Crippen LogP contribution in [-0.4, -0.2) is 15.5 Å². The van der Waals surface area contributed by atoms with E-state index in [1.807, 2.05) is 25.1 Å². The summed E-state index contributed by atoms with van der Waals surface area (Å²) in [5, 5.41) is 3.53. The van der Waals surface area contributed by atoms with Crippen LogP contribution < -0.4 is 10.9 Å². The number of amides is 1. The van der Waals surface area contributed by atoms with Crippen LogP contribution in [0.2, 0.25) is 5.02 Å². The van der Waals surface area contributed by atoms with Crippen molar-refractivity contribution in [2.24, 2.45) is 5.92 Å². The van der Waals surface area contributed by atoms with Gasteiger partial charge >= 0.3 is 0 Å². The van der Waals surface area contributed by atoms with Crippen molar-refractivity contribution in [2.45, 2.75) is 32.9 Å². The third-order valence-corrected chi connectivity index (χ3v) is 5.88. The van der Waals surface area contributed by atoms with Crippen LogP contribution in [0.4, 0.5) is 0 Å². The average Bonchev–Trinajstić information content (AvgIpc) is 3.36. The molecule has 0 atom stereocenters. The second-order valence-corrected chi connectivity index (χ2v) is 8.33. The Labute approximate surface area is 159 Å². The molecule has 7 heteroatoms. The SMILES string of the molecule is Cc1sc2c(=O)n(CC3CC3)cnc2c1C(=O)NCc1cccc(Cl)c1.